The van der Waals surface area contributed by atoms with E-state index in [9.17, 15) is 9.59 Å². The third-order valence-corrected chi connectivity index (χ3v) is 5.45. The lowest BCUT2D eigenvalue weighted by Gasteiger charge is -2.22. The molecule has 2 aromatic rings. The lowest BCUT2D eigenvalue weighted by atomic mass is 10.1. The second kappa shape index (κ2) is 9.59. The van der Waals surface area contributed by atoms with Gasteiger partial charge >= 0.3 is 0 Å². The van der Waals surface area contributed by atoms with E-state index in [4.69, 9.17) is 4.74 Å². The molecule has 1 N–H and O–H groups in total. The average Bonchev–Trinajstić information content (AvgIpc) is 2.99. The maximum Gasteiger partial charge on any atom is 0.262 e. The zero-order valence-corrected chi connectivity index (χ0v) is 17.6. The molecule has 3 rings (SSSR count). The number of likely N-dealkylation sites (tertiary alicyclic amines) is 1. The van der Waals surface area contributed by atoms with Gasteiger partial charge in [-0.25, -0.2) is 0 Å². The van der Waals surface area contributed by atoms with Gasteiger partial charge in [0.05, 0.1) is 11.3 Å². The highest BCUT2D eigenvalue weighted by Crippen LogP contribution is 2.24. The monoisotopic (exact) mass is 394 g/mol. The third kappa shape index (κ3) is 5.37. The first-order valence-corrected chi connectivity index (χ1v) is 10.3. The van der Waals surface area contributed by atoms with Crippen molar-refractivity contribution in [3.63, 3.8) is 0 Å². The molecule has 1 aliphatic heterocycles. The van der Waals surface area contributed by atoms with Crippen molar-refractivity contribution >= 4 is 17.5 Å². The van der Waals surface area contributed by atoms with Crippen molar-refractivity contribution in [1.29, 1.82) is 0 Å². The van der Waals surface area contributed by atoms with Crippen molar-refractivity contribution in [3.05, 3.63) is 58.7 Å². The number of carbonyl (C=O) groups excluding carboxylic acids is 2. The Kier molecular flexibility index (Phi) is 6.91. The second-order valence-electron chi connectivity index (χ2n) is 7.79. The number of rotatable bonds is 5. The Morgan fingerprint density at radius 1 is 1.00 bits per heavy atom. The maximum atomic E-state index is 13.0. The highest BCUT2D eigenvalue weighted by Gasteiger charge is 2.20. The molecule has 5 nitrogen and oxygen atoms in total. The van der Waals surface area contributed by atoms with Crippen LogP contribution in [0.1, 0.15) is 52.7 Å². The summed E-state index contributed by atoms with van der Waals surface area (Å²) in [5.41, 5.74) is 4.32. The molecule has 1 fully saturated rings. The zero-order chi connectivity index (χ0) is 20.8. The average molecular weight is 395 g/mol. The van der Waals surface area contributed by atoms with Crippen LogP contribution in [-0.2, 0) is 4.79 Å². The van der Waals surface area contributed by atoms with Gasteiger partial charge in [0, 0.05) is 13.1 Å². The van der Waals surface area contributed by atoms with E-state index < -0.39 is 0 Å². The van der Waals surface area contributed by atoms with E-state index in [2.05, 4.69) is 11.4 Å². The summed E-state index contributed by atoms with van der Waals surface area (Å²) in [5, 5.41) is 2.85. The lowest BCUT2D eigenvalue weighted by Crippen LogP contribution is -2.33. The van der Waals surface area contributed by atoms with Gasteiger partial charge in [-0.15, -0.1) is 0 Å². The fourth-order valence-electron chi connectivity index (χ4n) is 3.70. The van der Waals surface area contributed by atoms with Crippen molar-refractivity contribution < 1.29 is 14.3 Å². The van der Waals surface area contributed by atoms with Crippen molar-refractivity contribution in [2.24, 2.45) is 0 Å². The van der Waals surface area contributed by atoms with Crippen molar-refractivity contribution in [2.45, 2.75) is 46.5 Å². The van der Waals surface area contributed by atoms with Gasteiger partial charge in [-0.1, -0.05) is 31.0 Å². The highest BCUT2D eigenvalue weighted by molar-refractivity contribution is 6.04. The predicted molar refractivity (Wildman–Crippen MR) is 116 cm³/mol. The van der Waals surface area contributed by atoms with Crippen LogP contribution in [-0.4, -0.2) is 36.4 Å². The molecule has 2 amide bonds. The molecule has 0 spiro atoms. The minimum absolute atomic E-state index is 0.0196. The molecular weight excluding hydrogens is 364 g/mol. The van der Waals surface area contributed by atoms with E-state index in [1.807, 2.05) is 43.9 Å². The molecule has 29 heavy (non-hydrogen) atoms. The largest absolute Gasteiger partial charge is 0.483 e. The van der Waals surface area contributed by atoms with Gasteiger partial charge in [0.15, 0.2) is 6.61 Å². The first-order valence-electron chi connectivity index (χ1n) is 10.3. The molecule has 5 heteroatoms. The van der Waals surface area contributed by atoms with Crippen LogP contribution in [0.2, 0.25) is 0 Å². The fraction of sp³-hybridized carbons (Fsp3) is 0.417. The number of anilines is 1. The molecule has 0 bridgehead atoms. The van der Waals surface area contributed by atoms with Gasteiger partial charge < -0.3 is 15.0 Å². The summed E-state index contributed by atoms with van der Waals surface area (Å²) in [6, 6.07) is 11.2. The standard InChI is InChI=1S/C24H30N2O3/c1-17-14-18(2)19(3)22(15-17)29-16-23(27)25-21-11-7-6-10-20(21)24(28)26-12-8-4-5-9-13-26/h6-7,10-11,14-15H,4-5,8-9,12-13,16H2,1-3H3,(H,25,27). The molecule has 0 unspecified atom stereocenters. The van der Waals surface area contributed by atoms with E-state index >= 15 is 0 Å². The van der Waals surface area contributed by atoms with Gasteiger partial charge in [0.25, 0.3) is 11.8 Å². The SMILES string of the molecule is Cc1cc(C)c(C)c(OCC(=O)Nc2ccccc2C(=O)N2CCCCCC2)c1. The number of hydrogen-bond acceptors (Lipinski definition) is 3. The summed E-state index contributed by atoms with van der Waals surface area (Å²) in [7, 11) is 0. The van der Waals surface area contributed by atoms with Crippen LogP contribution in [0.15, 0.2) is 36.4 Å². The van der Waals surface area contributed by atoms with E-state index in [0.29, 0.717) is 17.0 Å². The molecule has 2 aromatic carbocycles. The quantitative estimate of drug-likeness (QED) is 0.803. The van der Waals surface area contributed by atoms with E-state index in [0.717, 1.165) is 55.5 Å². The van der Waals surface area contributed by atoms with Crippen LogP contribution in [0.3, 0.4) is 0 Å². The van der Waals surface area contributed by atoms with Crippen LogP contribution in [0.4, 0.5) is 5.69 Å². The maximum absolute atomic E-state index is 13.0. The Balaban J connectivity index is 1.67. The van der Waals surface area contributed by atoms with Crippen LogP contribution in [0.5, 0.6) is 5.75 Å². The first-order chi connectivity index (χ1) is 14.0. The van der Waals surface area contributed by atoms with Crippen LogP contribution in [0, 0.1) is 20.8 Å². The number of nitrogens with one attached hydrogen (secondary N) is 1. The van der Waals surface area contributed by atoms with E-state index in [-0.39, 0.29) is 18.4 Å². The second-order valence-corrected chi connectivity index (χ2v) is 7.79. The third-order valence-electron chi connectivity index (χ3n) is 5.45. The molecule has 0 radical (unpaired) electrons. The number of aryl methyl sites for hydroxylation is 2. The highest BCUT2D eigenvalue weighted by atomic mass is 16.5. The molecule has 1 saturated heterocycles. The van der Waals surface area contributed by atoms with Gasteiger partial charge in [-0.2, -0.15) is 0 Å². The number of hydrogen-bond donors (Lipinski definition) is 1. The summed E-state index contributed by atoms with van der Waals surface area (Å²) >= 11 is 0. The van der Waals surface area contributed by atoms with Crippen molar-refractivity contribution in [3.8, 4) is 5.75 Å². The Bertz CT molecular complexity index is 884. The molecule has 0 saturated carbocycles. The summed E-state index contributed by atoms with van der Waals surface area (Å²) in [6.07, 6.45) is 4.39. The van der Waals surface area contributed by atoms with Crippen molar-refractivity contribution in [2.75, 3.05) is 25.0 Å². The smallest absolute Gasteiger partial charge is 0.262 e. The van der Waals surface area contributed by atoms with Gasteiger partial charge in [0.1, 0.15) is 5.75 Å². The Morgan fingerprint density at radius 3 is 2.41 bits per heavy atom. The van der Waals surface area contributed by atoms with Crippen LogP contribution < -0.4 is 10.1 Å². The minimum atomic E-state index is -0.278. The number of amides is 2. The molecular formula is C24H30N2O3. The van der Waals surface area contributed by atoms with E-state index in [1.165, 1.54) is 0 Å². The molecule has 0 atom stereocenters. The minimum Gasteiger partial charge on any atom is -0.483 e. The number of para-hydroxylation sites is 1. The molecule has 1 aliphatic rings. The fourth-order valence-corrected chi connectivity index (χ4v) is 3.70. The molecule has 0 aliphatic carbocycles. The van der Waals surface area contributed by atoms with Gasteiger partial charge in [-0.3, -0.25) is 9.59 Å². The zero-order valence-electron chi connectivity index (χ0n) is 17.6. The normalized spacial score (nSPS) is 14.2. The first kappa shape index (κ1) is 20.9. The van der Waals surface area contributed by atoms with Gasteiger partial charge in [-0.05, 0) is 68.5 Å². The van der Waals surface area contributed by atoms with E-state index in [1.54, 1.807) is 12.1 Å². The number of benzene rings is 2. The number of nitrogens with zero attached hydrogens (tertiary/aromatic N) is 1. The Labute approximate surface area is 173 Å². The summed E-state index contributed by atoms with van der Waals surface area (Å²) in [5.74, 6) is 0.417. The number of carbonyl (C=O) groups is 2. The number of ether oxygens (including phenoxy) is 1. The van der Waals surface area contributed by atoms with Crippen LogP contribution in [0.25, 0.3) is 0 Å². The van der Waals surface area contributed by atoms with Gasteiger partial charge in [0.2, 0.25) is 0 Å². The molecule has 0 aromatic heterocycles. The summed E-state index contributed by atoms with van der Waals surface area (Å²) in [4.78, 5) is 27.4. The lowest BCUT2D eigenvalue weighted by molar-refractivity contribution is -0.118. The molecule has 1 heterocycles. The molecule has 154 valence electrons. The predicted octanol–water partition coefficient (Wildman–Crippen LogP) is 4.65. The van der Waals surface area contributed by atoms with Crippen molar-refractivity contribution in [1.82, 2.24) is 4.90 Å². The van der Waals surface area contributed by atoms with Crippen LogP contribution >= 0.6 is 0 Å². The summed E-state index contributed by atoms with van der Waals surface area (Å²) in [6.45, 7) is 7.46. The topological polar surface area (TPSA) is 58.6 Å². The summed E-state index contributed by atoms with van der Waals surface area (Å²) < 4.78 is 5.76. The Morgan fingerprint density at radius 2 is 1.69 bits per heavy atom. The Hall–Kier alpha value is -2.82.